The molecule has 19 heavy (non-hydrogen) atoms. The average molecular weight is 283 g/mol. The van der Waals surface area contributed by atoms with Gasteiger partial charge in [-0.2, -0.15) is 0 Å². The van der Waals surface area contributed by atoms with E-state index in [0.717, 1.165) is 30.0 Å². The molecular formula is C13H21N3O2S. The molecule has 1 saturated heterocycles. The largest absolute Gasteiger partial charge is 0.381 e. The Kier molecular flexibility index (Phi) is 5.27. The molecule has 1 aromatic rings. The smallest absolute Gasteiger partial charge is 0.220 e. The quantitative estimate of drug-likeness (QED) is 0.898. The fourth-order valence-electron chi connectivity index (χ4n) is 2.26. The zero-order valence-corrected chi connectivity index (χ0v) is 12.3. The molecule has 1 amide bonds. The molecular weight excluding hydrogens is 262 g/mol. The van der Waals surface area contributed by atoms with Crippen molar-refractivity contribution in [1.82, 2.24) is 14.9 Å². The van der Waals surface area contributed by atoms with Gasteiger partial charge in [-0.1, -0.05) is 18.3 Å². The molecule has 0 bridgehead atoms. The predicted octanol–water partition coefficient (Wildman–Crippen LogP) is 2.09. The van der Waals surface area contributed by atoms with Crippen LogP contribution in [0.3, 0.4) is 0 Å². The fourth-order valence-corrected chi connectivity index (χ4v) is 2.99. The van der Waals surface area contributed by atoms with Gasteiger partial charge < -0.3 is 10.1 Å². The Bertz CT molecular complexity index is 414. The summed E-state index contributed by atoms with van der Waals surface area (Å²) in [5.41, 5.74) is 0.992. The van der Waals surface area contributed by atoms with Gasteiger partial charge >= 0.3 is 0 Å². The van der Waals surface area contributed by atoms with Crippen LogP contribution in [0.5, 0.6) is 0 Å². The molecule has 1 aliphatic heterocycles. The van der Waals surface area contributed by atoms with E-state index in [-0.39, 0.29) is 5.91 Å². The highest BCUT2D eigenvalue weighted by Gasteiger charge is 2.18. The molecule has 0 spiro atoms. The first kappa shape index (κ1) is 14.4. The van der Waals surface area contributed by atoms with E-state index >= 15 is 0 Å². The average Bonchev–Trinajstić information content (AvgIpc) is 2.86. The summed E-state index contributed by atoms with van der Waals surface area (Å²) >= 11 is 1.37. The Morgan fingerprint density at radius 1 is 1.58 bits per heavy atom. The number of hydrogen-bond acceptors (Lipinski definition) is 5. The first-order chi connectivity index (χ1) is 9.16. The number of amides is 1. The van der Waals surface area contributed by atoms with Gasteiger partial charge in [0.1, 0.15) is 0 Å². The Balaban J connectivity index is 1.78. The minimum atomic E-state index is 0.0959. The Morgan fingerprint density at radius 2 is 2.42 bits per heavy atom. The molecule has 0 aliphatic carbocycles. The molecule has 0 radical (unpaired) electrons. The Hall–Kier alpha value is -1.01. The van der Waals surface area contributed by atoms with Gasteiger partial charge in [0.05, 0.1) is 17.1 Å². The number of rotatable bonds is 5. The number of aromatic nitrogens is 2. The van der Waals surface area contributed by atoms with Crippen molar-refractivity contribution >= 4 is 17.4 Å². The number of hydrogen-bond donors (Lipinski definition) is 1. The summed E-state index contributed by atoms with van der Waals surface area (Å²) in [4.78, 5) is 12.9. The van der Waals surface area contributed by atoms with E-state index < -0.39 is 0 Å². The zero-order chi connectivity index (χ0) is 13.7. The highest BCUT2D eigenvalue weighted by molar-refractivity contribution is 7.05. The van der Waals surface area contributed by atoms with Crippen molar-refractivity contribution < 1.29 is 9.53 Å². The minimum absolute atomic E-state index is 0.0959. The van der Waals surface area contributed by atoms with Crippen LogP contribution in [0.15, 0.2) is 0 Å². The lowest BCUT2D eigenvalue weighted by Crippen LogP contribution is -2.28. The van der Waals surface area contributed by atoms with Crippen molar-refractivity contribution in [3.63, 3.8) is 0 Å². The fraction of sp³-hybridized carbons (Fsp3) is 0.769. The van der Waals surface area contributed by atoms with Gasteiger partial charge in [0, 0.05) is 19.6 Å². The molecule has 6 heteroatoms. The van der Waals surface area contributed by atoms with Gasteiger partial charge in [0.15, 0.2) is 0 Å². The van der Waals surface area contributed by atoms with E-state index in [1.165, 1.54) is 11.5 Å². The van der Waals surface area contributed by atoms with E-state index in [4.69, 9.17) is 4.74 Å². The lowest BCUT2D eigenvalue weighted by molar-refractivity contribution is -0.123. The molecule has 1 N–H and O–H groups in total. The van der Waals surface area contributed by atoms with Crippen molar-refractivity contribution in [3.05, 3.63) is 10.6 Å². The van der Waals surface area contributed by atoms with E-state index in [0.29, 0.717) is 31.4 Å². The number of carbonyl (C=O) groups excluding carboxylic acids is 1. The maximum absolute atomic E-state index is 11.9. The molecule has 1 unspecified atom stereocenters. The van der Waals surface area contributed by atoms with Crippen molar-refractivity contribution in [3.8, 4) is 0 Å². The summed E-state index contributed by atoms with van der Waals surface area (Å²) in [6.45, 7) is 6.26. The molecule has 1 atom stereocenters. The van der Waals surface area contributed by atoms with Crippen LogP contribution in [0.4, 0.5) is 0 Å². The molecule has 0 aromatic carbocycles. The van der Waals surface area contributed by atoms with Crippen LogP contribution in [-0.2, 0) is 16.1 Å². The van der Waals surface area contributed by atoms with Crippen molar-refractivity contribution in [2.24, 2.45) is 5.92 Å². The standard InChI is InChI=1S/C13H21N3O2S/c1-9(2)13-11(19-16-15-13)7-14-12(17)6-10-4-3-5-18-8-10/h9-10H,3-8H2,1-2H3,(H,14,17). The van der Waals surface area contributed by atoms with Crippen LogP contribution in [0, 0.1) is 5.92 Å². The molecule has 5 nitrogen and oxygen atoms in total. The normalized spacial score (nSPS) is 19.6. The lowest BCUT2D eigenvalue weighted by atomic mass is 9.98. The predicted molar refractivity (Wildman–Crippen MR) is 74.0 cm³/mol. The van der Waals surface area contributed by atoms with Crippen molar-refractivity contribution in [2.45, 2.75) is 45.6 Å². The molecule has 1 fully saturated rings. The maximum Gasteiger partial charge on any atom is 0.220 e. The first-order valence-corrected chi connectivity index (χ1v) is 7.59. The van der Waals surface area contributed by atoms with Crippen LogP contribution in [0.2, 0.25) is 0 Å². The Labute approximate surface area is 117 Å². The van der Waals surface area contributed by atoms with Crippen LogP contribution < -0.4 is 5.32 Å². The second-order valence-corrected chi connectivity index (χ2v) is 6.14. The van der Waals surface area contributed by atoms with E-state index in [9.17, 15) is 4.79 Å². The van der Waals surface area contributed by atoms with Gasteiger partial charge in [0.2, 0.25) is 5.91 Å². The van der Waals surface area contributed by atoms with Crippen LogP contribution in [0.1, 0.15) is 49.6 Å². The third-order valence-corrected chi connectivity index (χ3v) is 4.04. The molecule has 2 rings (SSSR count). The highest BCUT2D eigenvalue weighted by atomic mass is 32.1. The van der Waals surface area contributed by atoms with Gasteiger partial charge in [-0.15, -0.1) is 5.10 Å². The van der Waals surface area contributed by atoms with Crippen LogP contribution >= 0.6 is 11.5 Å². The second-order valence-electron chi connectivity index (χ2n) is 5.30. The number of carbonyl (C=O) groups is 1. The summed E-state index contributed by atoms with van der Waals surface area (Å²) in [6, 6.07) is 0. The van der Waals surface area contributed by atoms with E-state index in [1.54, 1.807) is 0 Å². The highest BCUT2D eigenvalue weighted by Crippen LogP contribution is 2.20. The van der Waals surface area contributed by atoms with Gasteiger partial charge in [-0.25, -0.2) is 0 Å². The maximum atomic E-state index is 11.9. The van der Waals surface area contributed by atoms with Crippen LogP contribution in [0.25, 0.3) is 0 Å². The number of nitrogens with one attached hydrogen (secondary N) is 1. The second kappa shape index (κ2) is 6.96. The minimum Gasteiger partial charge on any atom is -0.381 e. The third kappa shape index (κ3) is 4.24. The molecule has 1 aliphatic rings. The Morgan fingerprint density at radius 3 is 3.11 bits per heavy atom. The summed E-state index contributed by atoms with van der Waals surface area (Å²) < 4.78 is 9.34. The lowest BCUT2D eigenvalue weighted by Gasteiger charge is -2.21. The topological polar surface area (TPSA) is 64.1 Å². The summed E-state index contributed by atoms with van der Waals surface area (Å²) in [5, 5.41) is 7.07. The summed E-state index contributed by atoms with van der Waals surface area (Å²) in [6.07, 6.45) is 2.71. The van der Waals surface area contributed by atoms with Gasteiger partial charge in [-0.3, -0.25) is 4.79 Å². The molecule has 0 saturated carbocycles. The first-order valence-electron chi connectivity index (χ1n) is 6.82. The number of nitrogens with zero attached hydrogens (tertiary/aromatic N) is 2. The SMILES string of the molecule is CC(C)c1nnsc1CNC(=O)CC1CCCOC1. The zero-order valence-electron chi connectivity index (χ0n) is 11.5. The third-order valence-electron chi connectivity index (χ3n) is 3.31. The van der Waals surface area contributed by atoms with Gasteiger partial charge in [0.25, 0.3) is 0 Å². The molecule has 2 heterocycles. The van der Waals surface area contributed by atoms with Crippen molar-refractivity contribution in [2.75, 3.05) is 13.2 Å². The monoisotopic (exact) mass is 283 g/mol. The summed E-state index contributed by atoms with van der Waals surface area (Å²) in [5.74, 6) is 0.814. The van der Waals surface area contributed by atoms with Crippen molar-refractivity contribution in [1.29, 1.82) is 0 Å². The number of ether oxygens (including phenoxy) is 1. The van der Waals surface area contributed by atoms with E-state index in [2.05, 4.69) is 28.8 Å². The van der Waals surface area contributed by atoms with Crippen LogP contribution in [-0.4, -0.2) is 28.7 Å². The van der Waals surface area contributed by atoms with Gasteiger partial charge in [-0.05, 0) is 36.2 Å². The summed E-state index contributed by atoms with van der Waals surface area (Å²) in [7, 11) is 0. The molecule has 1 aromatic heterocycles. The van der Waals surface area contributed by atoms with E-state index in [1.807, 2.05) is 0 Å². The molecule has 106 valence electrons.